The van der Waals surface area contributed by atoms with Gasteiger partial charge in [0.2, 0.25) is 5.91 Å². The number of carbonyl (C=O) groups excluding carboxylic acids is 2. The van der Waals surface area contributed by atoms with Gasteiger partial charge in [0.1, 0.15) is 5.75 Å². The summed E-state index contributed by atoms with van der Waals surface area (Å²) in [5.74, 6) is 0.00634. The number of carbonyl (C=O) groups is 2. The van der Waals surface area contributed by atoms with Crippen LogP contribution in [0, 0.1) is 0 Å². The summed E-state index contributed by atoms with van der Waals surface area (Å²) in [6.45, 7) is 3.19. The van der Waals surface area contributed by atoms with Gasteiger partial charge in [0.15, 0.2) is 0 Å². The van der Waals surface area contributed by atoms with E-state index < -0.39 is 10.0 Å². The lowest BCUT2D eigenvalue weighted by molar-refractivity contribution is -0.130. The Kier molecular flexibility index (Phi) is 6.52. The number of anilines is 1. The molecule has 1 aliphatic heterocycles. The predicted octanol–water partition coefficient (Wildman–Crippen LogP) is 2.45. The van der Waals surface area contributed by atoms with E-state index in [1.54, 1.807) is 28.0 Å². The maximum atomic E-state index is 12.9. The van der Waals surface area contributed by atoms with Crippen molar-refractivity contribution < 1.29 is 22.7 Å². The molecule has 0 aliphatic carbocycles. The molecule has 160 valence electrons. The Balaban J connectivity index is 1.80. The summed E-state index contributed by atoms with van der Waals surface area (Å²) in [4.78, 5) is 27.5. The zero-order valence-electron chi connectivity index (χ0n) is 16.6. The van der Waals surface area contributed by atoms with Crippen LogP contribution in [0.4, 0.5) is 5.69 Å². The van der Waals surface area contributed by atoms with E-state index in [1.165, 1.54) is 38.3 Å². The standard InChI is InChI=1S/C20H22ClN3O5S/c1-14(25)23-8-10-24(11-9-23)20(26)15-4-3-5-17(12-15)30(27,28)22-18-13-16(21)6-7-19(18)29-2/h3-7,12-13,22H,8-11H2,1-2H3. The molecule has 0 radical (unpaired) electrons. The Hall–Kier alpha value is -2.78. The van der Waals surface area contributed by atoms with Crippen molar-refractivity contribution in [3.63, 3.8) is 0 Å². The van der Waals surface area contributed by atoms with E-state index >= 15 is 0 Å². The number of amides is 2. The number of nitrogens with one attached hydrogen (secondary N) is 1. The van der Waals surface area contributed by atoms with E-state index in [2.05, 4.69) is 4.72 Å². The van der Waals surface area contributed by atoms with E-state index in [-0.39, 0.29) is 28.0 Å². The van der Waals surface area contributed by atoms with E-state index in [1.807, 2.05) is 0 Å². The topological polar surface area (TPSA) is 96.0 Å². The summed E-state index contributed by atoms with van der Waals surface area (Å²) in [6.07, 6.45) is 0. The smallest absolute Gasteiger partial charge is 0.262 e. The molecule has 2 aromatic rings. The molecule has 30 heavy (non-hydrogen) atoms. The van der Waals surface area contributed by atoms with Gasteiger partial charge < -0.3 is 14.5 Å². The Morgan fingerprint density at radius 1 is 1.03 bits per heavy atom. The maximum absolute atomic E-state index is 12.9. The number of sulfonamides is 1. The summed E-state index contributed by atoms with van der Waals surface area (Å²) in [5.41, 5.74) is 0.453. The number of halogens is 1. The number of nitrogens with zero attached hydrogens (tertiary/aromatic N) is 2. The van der Waals surface area contributed by atoms with Gasteiger partial charge in [-0.25, -0.2) is 8.42 Å². The van der Waals surface area contributed by atoms with Crippen LogP contribution in [0.25, 0.3) is 0 Å². The molecule has 3 rings (SSSR count). The minimum Gasteiger partial charge on any atom is -0.495 e. The fraction of sp³-hybridized carbons (Fsp3) is 0.300. The van der Waals surface area contributed by atoms with Crippen LogP contribution >= 0.6 is 11.6 Å². The van der Waals surface area contributed by atoms with E-state index in [0.29, 0.717) is 37.0 Å². The van der Waals surface area contributed by atoms with Crippen LogP contribution in [0.2, 0.25) is 5.02 Å². The molecule has 1 N–H and O–H groups in total. The van der Waals surface area contributed by atoms with Gasteiger partial charge in [-0.1, -0.05) is 17.7 Å². The zero-order valence-corrected chi connectivity index (χ0v) is 18.2. The second-order valence-corrected chi connectivity index (χ2v) is 8.90. The summed E-state index contributed by atoms with van der Waals surface area (Å²) < 4.78 is 33.4. The first-order valence-corrected chi connectivity index (χ1v) is 11.1. The average Bonchev–Trinajstić information content (AvgIpc) is 2.73. The third-order valence-corrected chi connectivity index (χ3v) is 6.41. The lowest BCUT2D eigenvalue weighted by atomic mass is 10.2. The Morgan fingerprint density at radius 3 is 2.33 bits per heavy atom. The van der Waals surface area contributed by atoms with Crippen molar-refractivity contribution in [1.82, 2.24) is 9.80 Å². The Labute approximate surface area is 180 Å². The van der Waals surface area contributed by atoms with Crippen molar-refractivity contribution in [2.45, 2.75) is 11.8 Å². The molecule has 2 aromatic carbocycles. The molecule has 10 heteroatoms. The molecule has 1 heterocycles. The van der Waals surface area contributed by atoms with Gasteiger partial charge >= 0.3 is 0 Å². The quantitative estimate of drug-likeness (QED) is 0.753. The molecule has 0 unspecified atom stereocenters. The number of ether oxygens (including phenoxy) is 1. The van der Waals surface area contributed by atoms with Gasteiger partial charge in [0.05, 0.1) is 17.7 Å². The molecular formula is C20H22ClN3O5S. The van der Waals surface area contributed by atoms with Crippen molar-refractivity contribution in [2.24, 2.45) is 0 Å². The first-order valence-electron chi connectivity index (χ1n) is 9.22. The van der Waals surface area contributed by atoms with Crippen molar-refractivity contribution in [3.8, 4) is 5.75 Å². The molecule has 0 atom stereocenters. The Morgan fingerprint density at radius 2 is 1.70 bits per heavy atom. The van der Waals surface area contributed by atoms with Gasteiger partial charge in [-0.05, 0) is 36.4 Å². The minimum atomic E-state index is -3.98. The molecule has 0 saturated carbocycles. The van der Waals surface area contributed by atoms with Crippen LogP contribution in [0.3, 0.4) is 0 Å². The maximum Gasteiger partial charge on any atom is 0.262 e. The molecule has 0 aromatic heterocycles. The van der Waals surface area contributed by atoms with Crippen LogP contribution in [0.5, 0.6) is 5.75 Å². The van der Waals surface area contributed by atoms with Crippen molar-refractivity contribution in [2.75, 3.05) is 38.0 Å². The minimum absolute atomic E-state index is 0.0299. The number of piperazine rings is 1. The zero-order chi connectivity index (χ0) is 21.9. The number of methoxy groups -OCH3 is 1. The highest BCUT2D eigenvalue weighted by Crippen LogP contribution is 2.30. The van der Waals surface area contributed by atoms with Crippen LogP contribution in [-0.2, 0) is 14.8 Å². The van der Waals surface area contributed by atoms with Crippen LogP contribution in [0.15, 0.2) is 47.4 Å². The summed E-state index contributed by atoms with van der Waals surface area (Å²) in [6, 6.07) is 10.4. The van der Waals surface area contributed by atoms with Gasteiger partial charge in [-0.2, -0.15) is 0 Å². The summed E-state index contributed by atoms with van der Waals surface area (Å²) in [5, 5.41) is 0.349. The molecule has 1 fully saturated rings. The normalized spacial score (nSPS) is 14.4. The van der Waals surface area contributed by atoms with Crippen molar-refractivity contribution in [3.05, 3.63) is 53.1 Å². The molecule has 8 nitrogen and oxygen atoms in total. The molecule has 1 aliphatic rings. The molecule has 2 amide bonds. The first kappa shape index (κ1) is 21.9. The van der Waals surface area contributed by atoms with Gasteiger partial charge in [-0.3, -0.25) is 14.3 Å². The lowest BCUT2D eigenvalue weighted by Crippen LogP contribution is -2.50. The van der Waals surface area contributed by atoms with Gasteiger partial charge in [-0.15, -0.1) is 0 Å². The van der Waals surface area contributed by atoms with Crippen LogP contribution in [-0.4, -0.2) is 63.3 Å². The third kappa shape index (κ3) is 4.85. The third-order valence-electron chi connectivity index (χ3n) is 4.81. The van der Waals surface area contributed by atoms with E-state index in [4.69, 9.17) is 16.3 Å². The molecule has 0 spiro atoms. The van der Waals surface area contributed by atoms with Crippen molar-refractivity contribution >= 4 is 39.1 Å². The van der Waals surface area contributed by atoms with E-state index in [0.717, 1.165) is 0 Å². The monoisotopic (exact) mass is 451 g/mol. The Bertz CT molecular complexity index is 1070. The fourth-order valence-corrected chi connectivity index (χ4v) is 4.45. The van der Waals surface area contributed by atoms with Crippen LogP contribution in [0.1, 0.15) is 17.3 Å². The van der Waals surface area contributed by atoms with Gasteiger partial charge in [0, 0.05) is 43.7 Å². The highest BCUT2D eigenvalue weighted by atomic mass is 35.5. The summed E-state index contributed by atoms with van der Waals surface area (Å²) in [7, 11) is -2.56. The number of hydrogen-bond donors (Lipinski definition) is 1. The first-order chi connectivity index (χ1) is 14.2. The highest BCUT2D eigenvalue weighted by molar-refractivity contribution is 7.92. The second kappa shape index (κ2) is 8.93. The van der Waals surface area contributed by atoms with E-state index in [9.17, 15) is 18.0 Å². The number of benzene rings is 2. The SMILES string of the molecule is COc1ccc(Cl)cc1NS(=O)(=O)c1cccc(C(=O)N2CCN(C(C)=O)CC2)c1. The largest absolute Gasteiger partial charge is 0.495 e. The van der Waals surface area contributed by atoms with Gasteiger partial charge in [0.25, 0.3) is 15.9 Å². The van der Waals surface area contributed by atoms with Crippen molar-refractivity contribution in [1.29, 1.82) is 0 Å². The number of hydrogen-bond acceptors (Lipinski definition) is 5. The average molecular weight is 452 g/mol. The summed E-state index contributed by atoms with van der Waals surface area (Å²) >= 11 is 5.97. The van der Waals surface area contributed by atoms with Crippen LogP contribution < -0.4 is 9.46 Å². The fourth-order valence-electron chi connectivity index (χ4n) is 3.17. The second-order valence-electron chi connectivity index (χ2n) is 6.78. The molecule has 1 saturated heterocycles. The number of rotatable bonds is 5. The lowest BCUT2D eigenvalue weighted by Gasteiger charge is -2.34. The molecular weight excluding hydrogens is 430 g/mol. The highest BCUT2D eigenvalue weighted by Gasteiger charge is 2.25. The molecule has 0 bridgehead atoms. The predicted molar refractivity (Wildman–Crippen MR) is 113 cm³/mol.